The van der Waals surface area contributed by atoms with E-state index in [-0.39, 0.29) is 18.2 Å². The molecule has 0 unspecified atom stereocenters. The van der Waals surface area contributed by atoms with Crippen LogP contribution in [0.5, 0.6) is 0 Å². The van der Waals surface area contributed by atoms with E-state index in [1.54, 1.807) is 0 Å². The predicted octanol–water partition coefficient (Wildman–Crippen LogP) is -1.25. The Morgan fingerprint density at radius 1 is 1.48 bits per heavy atom. The Morgan fingerprint density at radius 2 is 2.20 bits per heavy atom. The summed E-state index contributed by atoms with van der Waals surface area (Å²) in [4.78, 5) is 32.3. The normalized spacial score (nSPS) is 26.1. The van der Waals surface area contributed by atoms with Crippen LogP contribution in [0, 0.1) is 0 Å². The van der Waals surface area contributed by atoms with Gasteiger partial charge in [0, 0.05) is 14.1 Å². The van der Waals surface area contributed by atoms with Gasteiger partial charge in [-0.1, -0.05) is 11.3 Å². The molecule has 2 aromatic heterocycles. The molecule has 1 aliphatic heterocycles. The number of rotatable bonds is 3. The summed E-state index contributed by atoms with van der Waals surface area (Å²) in [6.45, 7) is -0.278. The Morgan fingerprint density at radius 3 is 2.88 bits per heavy atom. The van der Waals surface area contributed by atoms with Crippen LogP contribution in [-0.4, -0.2) is 74.8 Å². The monoisotopic (exact) mass is 371 g/mol. The van der Waals surface area contributed by atoms with Crippen LogP contribution in [0.3, 0.4) is 0 Å². The van der Waals surface area contributed by atoms with Gasteiger partial charge in [-0.25, -0.2) is 9.78 Å². The first-order chi connectivity index (χ1) is 11.8. The highest BCUT2D eigenvalue weighted by atomic mass is 32.1. The van der Waals surface area contributed by atoms with E-state index in [0.717, 1.165) is 15.9 Å². The van der Waals surface area contributed by atoms with Crippen LogP contribution < -0.4 is 10.6 Å². The van der Waals surface area contributed by atoms with Crippen molar-refractivity contribution in [1.29, 1.82) is 0 Å². The third-order valence-corrected chi connectivity index (χ3v) is 4.58. The molecule has 1 saturated heterocycles. The largest absolute Gasteiger partial charge is 0.447 e. The quantitative estimate of drug-likeness (QED) is 0.600. The van der Waals surface area contributed by atoms with E-state index in [4.69, 9.17) is 15.2 Å². The zero-order chi connectivity index (χ0) is 18.3. The van der Waals surface area contributed by atoms with Crippen LogP contribution in [0.25, 0.3) is 10.3 Å². The number of nitrogen functional groups attached to an aromatic ring is 1. The highest BCUT2D eigenvalue weighted by Gasteiger charge is 2.45. The number of hydrogen-bond acceptors (Lipinski definition) is 10. The van der Waals surface area contributed by atoms with Crippen molar-refractivity contribution < 1.29 is 24.5 Å². The lowest BCUT2D eigenvalue weighted by Gasteiger charge is -2.17. The summed E-state index contributed by atoms with van der Waals surface area (Å²) in [6.07, 6.45) is -4.16. The number of hydrogen-bond donors (Lipinski definition) is 3. The van der Waals surface area contributed by atoms with Gasteiger partial charge in [0.25, 0.3) is 0 Å². The number of carbonyl (C=O) groups is 1. The molecule has 4 N–H and O–H groups in total. The molecule has 11 nitrogen and oxygen atoms in total. The molecular weight excluding hydrogens is 354 g/mol. The standard InChI is InChI=1S/C13H17N5O6S/c1-17(2)12(21)23-4-5-7(19)8(20)10(24-5)18-9-6(25-13(18)22)3-15-11(14)16-9/h3,5,7-8,10,19-20H,4H2,1-2H3,(H2,14,15,16)/t5-,7+,8-,10-/m1/s1. The second-order valence-corrected chi connectivity index (χ2v) is 6.66. The average Bonchev–Trinajstić information content (AvgIpc) is 3.02. The van der Waals surface area contributed by atoms with Gasteiger partial charge in [-0.15, -0.1) is 0 Å². The molecule has 25 heavy (non-hydrogen) atoms. The number of nitrogens with zero attached hydrogens (tertiary/aromatic N) is 4. The van der Waals surface area contributed by atoms with E-state index >= 15 is 0 Å². The fourth-order valence-electron chi connectivity index (χ4n) is 2.44. The lowest BCUT2D eigenvalue weighted by atomic mass is 10.1. The Kier molecular flexibility index (Phi) is 4.60. The SMILES string of the molecule is CN(C)C(=O)OC[C@H]1O[C@@H](n2c(=O)sc3cnc(N)nc32)[C@H](O)[C@H]1O. The van der Waals surface area contributed by atoms with Gasteiger partial charge in [0.15, 0.2) is 11.9 Å². The minimum atomic E-state index is -1.41. The highest BCUT2D eigenvalue weighted by Crippen LogP contribution is 2.31. The molecule has 3 rings (SSSR count). The van der Waals surface area contributed by atoms with Gasteiger partial charge in [-0.05, 0) is 0 Å². The lowest BCUT2D eigenvalue weighted by Crippen LogP contribution is -2.36. The van der Waals surface area contributed by atoms with Gasteiger partial charge in [0.2, 0.25) is 5.95 Å². The Hall–Kier alpha value is -2.28. The molecule has 4 atom stereocenters. The molecule has 0 saturated carbocycles. The molecule has 0 aromatic carbocycles. The second kappa shape index (κ2) is 6.55. The fraction of sp³-hybridized carbons (Fsp3) is 0.538. The molecule has 3 heterocycles. The number of aliphatic hydroxyl groups excluding tert-OH is 2. The minimum Gasteiger partial charge on any atom is -0.447 e. The number of nitrogens with two attached hydrogens (primary N) is 1. The van der Waals surface area contributed by atoms with Gasteiger partial charge in [0.1, 0.15) is 24.9 Å². The third-order valence-electron chi connectivity index (χ3n) is 3.70. The zero-order valence-electron chi connectivity index (χ0n) is 13.4. The topological polar surface area (TPSA) is 153 Å². The summed E-state index contributed by atoms with van der Waals surface area (Å²) in [6, 6.07) is 0. The molecule has 1 amide bonds. The van der Waals surface area contributed by atoms with E-state index in [1.807, 2.05) is 0 Å². The number of anilines is 1. The molecule has 12 heteroatoms. The molecule has 136 valence electrons. The molecule has 2 aromatic rings. The van der Waals surface area contributed by atoms with Gasteiger partial charge in [0.05, 0.1) is 10.9 Å². The second-order valence-electron chi connectivity index (χ2n) is 5.67. The van der Waals surface area contributed by atoms with E-state index in [1.165, 1.54) is 25.2 Å². The molecule has 0 spiro atoms. The first-order valence-corrected chi connectivity index (χ1v) is 8.10. The molecule has 0 aliphatic carbocycles. The zero-order valence-corrected chi connectivity index (χ0v) is 14.2. The summed E-state index contributed by atoms with van der Waals surface area (Å²) in [5.74, 6) is -0.0384. The van der Waals surface area contributed by atoms with Crippen LogP contribution in [0.4, 0.5) is 10.7 Å². The van der Waals surface area contributed by atoms with Gasteiger partial charge >= 0.3 is 11.0 Å². The number of amides is 1. The molecule has 1 aliphatic rings. The van der Waals surface area contributed by atoms with Crippen molar-refractivity contribution >= 4 is 33.7 Å². The first kappa shape index (κ1) is 17.5. The number of thiazole rings is 1. The van der Waals surface area contributed by atoms with Gasteiger partial charge in [-0.3, -0.25) is 9.36 Å². The van der Waals surface area contributed by atoms with E-state index in [0.29, 0.717) is 4.70 Å². The number of aromatic nitrogens is 3. The van der Waals surface area contributed by atoms with Crippen molar-refractivity contribution in [3.63, 3.8) is 0 Å². The van der Waals surface area contributed by atoms with Crippen molar-refractivity contribution in [2.45, 2.75) is 24.5 Å². The molecule has 0 radical (unpaired) electrons. The fourth-order valence-corrected chi connectivity index (χ4v) is 3.25. The maximum absolute atomic E-state index is 12.3. The number of fused-ring (bicyclic) bond motifs is 1. The van der Waals surface area contributed by atoms with Crippen molar-refractivity contribution in [3.05, 3.63) is 15.9 Å². The van der Waals surface area contributed by atoms with Crippen molar-refractivity contribution in [2.75, 3.05) is 26.4 Å². The Labute approximate surface area is 145 Å². The number of ether oxygens (including phenoxy) is 2. The third kappa shape index (κ3) is 3.16. The smallest absolute Gasteiger partial charge is 0.409 e. The van der Waals surface area contributed by atoms with Gasteiger partial charge in [-0.2, -0.15) is 4.98 Å². The summed E-state index contributed by atoms with van der Waals surface area (Å²) < 4.78 is 12.1. The van der Waals surface area contributed by atoms with Crippen molar-refractivity contribution in [1.82, 2.24) is 19.4 Å². The van der Waals surface area contributed by atoms with Crippen molar-refractivity contribution in [3.8, 4) is 0 Å². The van der Waals surface area contributed by atoms with Crippen molar-refractivity contribution in [2.24, 2.45) is 0 Å². The summed E-state index contributed by atoms with van der Waals surface area (Å²) in [5.41, 5.74) is 5.75. The Bertz CT molecular complexity index is 851. The highest BCUT2D eigenvalue weighted by molar-refractivity contribution is 7.16. The first-order valence-electron chi connectivity index (χ1n) is 7.29. The maximum atomic E-state index is 12.3. The molecule has 0 bridgehead atoms. The lowest BCUT2D eigenvalue weighted by molar-refractivity contribution is -0.0559. The number of aliphatic hydroxyl groups is 2. The van der Waals surface area contributed by atoms with E-state index in [2.05, 4.69) is 9.97 Å². The van der Waals surface area contributed by atoms with Crippen LogP contribution in [0.1, 0.15) is 6.23 Å². The summed E-state index contributed by atoms with van der Waals surface area (Å²) in [5, 5.41) is 20.4. The minimum absolute atomic E-state index is 0.0384. The van der Waals surface area contributed by atoms with E-state index in [9.17, 15) is 19.8 Å². The van der Waals surface area contributed by atoms with E-state index < -0.39 is 35.5 Å². The molecule has 1 fully saturated rings. The number of carbonyl (C=O) groups excluding carboxylic acids is 1. The summed E-state index contributed by atoms with van der Waals surface area (Å²) >= 11 is 0.863. The average molecular weight is 371 g/mol. The van der Waals surface area contributed by atoms with Crippen LogP contribution in [0.15, 0.2) is 11.0 Å². The molecular formula is C13H17N5O6S. The maximum Gasteiger partial charge on any atom is 0.409 e. The van der Waals surface area contributed by atoms with Crippen LogP contribution >= 0.6 is 11.3 Å². The summed E-state index contributed by atoms with van der Waals surface area (Å²) in [7, 11) is 3.01. The predicted molar refractivity (Wildman–Crippen MR) is 87.0 cm³/mol. The van der Waals surface area contributed by atoms with Crippen LogP contribution in [0.2, 0.25) is 0 Å². The van der Waals surface area contributed by atoms with Crippen LogP contribution in [-0.2, 0) is 9.47 Å². The Balaban J connectivity index is 1.86. The van der Waals surface area contributed by atoms with Gasteiger partial charge < -0.3 is 30.3 Å².